The predicted octanol–water partition coefficient (Wildman–Crippen LogP) is 6.04. The third kappa shape index (κ3) is 7.83. The van der Waals surface area contributed by atoms with E-state index in [4.69, 9.17) is 23.2 Å². The van der Waals surface area contributed by atoms with Crippen molar-refractivity contribution < 1.29 is 31.2 Å². The van der Waals surface area contributed by atoms with Crippen molar-refractivity contribution in [2.24, 2.45) is 0 Å². The van der Waals surface area contributed by atoms with Gasteiger partial charge in [0, 0.05) is 23.7 Å². The molecule has 2 amide bonds. The number of alkyl halides is 3. The normalized spacial score (nSPS) is 13.9. The van der Waals surface area contributed by atoms with Gasteiger partial charge in [-0.25, -0.2) is 8.42 Å². The molecule has 2 heterocycles. The minimum atomic E-state index is -4.62. The second-order valence-corrected chi connectivity index (χ2v) is 13.8. The van der Waals surface area contributed by atoms with Crippen LogP contribution in [0.5, 0.6) is 0 Å². The lowest BCUT2D eigenvalue weighted by Gasteiger charge is -2.15. The van der Waals surface area contributed by atoms with Crippen LogP contribution in [0.2, 0.25) is 10.0 Å². The van der Waals surface area contributed by atoms with Crippen molar-refractivity contribution in [1.82, 2.24) is 24.4 Å². The number of hydrogen-bond acceptors (Lipinski definition) is 7. The van der Waals surface area contributed by atoms with E-state index in [-0.39, 0.29) is 44.4 Å². The van der Waals surface area contributed by atoms with Crippen LogP contribution in [0.25, 0.3) is 5.69 Å². The highest BCUT2D eigenvalue weighted by molar-refractivity contribution is 7.99. The van der Waals surface area contributed by atoms with Gasteiger partial charge < -0.3 is 10.6 Å². The molecule has 1 saturated heterocycles. The maximum Gasteiger partial charge on any atom is 0.416 e. The number of thioether (sulfide) groups is 1. The highest BCUT2D eigenvalue weighted by Gasteiger charge is 2.31. The summed E-state index contributed by atoms with van der Waals surface area (Å²) in [5.41, 5.74) is -0.394. The molecule has 1 fully saturated rings. The van der Waals surface area contributed by atoms with E-state index in [2.05, 4.69) is 20.8 Å². The first kappa shape index (κ1) is 33.7. The molecule has 4 aromatic rings. The Morgan fingerprint density at radius 3 is 2.35 bits per heavy atom. The van der Waals surface area contributed by atoms with E-state index < -0.39 is 33.6 Å². The number of nitrogens with one attached hydrogen (secondary N) is 2. The largest absolute Gasteiger partial charge is 0.416 e. The molecule has 0 aliphatic carbocycles. The van der Waals surface area contributed by atoms with Gasteiger partial charge in [-0.05, 0) is 73.5 Å². The summed E-state index contributed by atoms with van der Waals surface area (Å²) in [6.45, 7) is 0.832. The average molecular weight is 714 g/mol. The standard InChI is InChI=1S/C29H25Cl2F3N6O4S2/c30-20-4-3-5-21(15-20)40-25(16-35-27(42)18-6-9-22(10-7-18)46(43,44)39-12-1-2-13-39)37-38-28(40)45-17-26(41)36-24-14-19(29(32,33)34)8-11-23(24)31/h3-11,14-15H,1-2,12-13,16-17H2,(H,35,42)(H,36,41). The summed E-state index contributed by atoms with van der Waals surface area (Å²) in [7, 11) is -3.63. The summed E-state index contributed by atoms with van der Waals surface area (Å²) in [5, 5.41) is 14.0. The fraction of sp³-hybridized carbons (Fsp3) is 0.241. The van der Waals surface area contributed by atoms with Crippen molar-refractivity contribution in [2.75, 3.05) is 24.2 Å². The number of halogens is 5. The van der Waals surface area contributed by atoms with Gasteiger partial charge in [0.15, 0.2) is 11.0 Å². The first-order valence-electron chi connectivity index (χ1n) is 13.7. The second kappa shape index (κ2) is 14.0. The Kier molecular flexibility index (Phi) is 10.3. The Morgan fingerprint density at radius 1 is 0.957 bits per heavy atom. The molecule has 46 heavy (non-hydrogen) atoms. The van der Waals surface area contributed by atoms with Crippen molar-refractivity contribution in [3.8, 4) is 5.69 Å². The van der Waals surface area contributed by atoms with Gasteiger partial charge in [-0.2, -0.15) is 17.5 Å². The van der Waals surface area contributed by atoms with E-state index in [0.717, 1.165) is 42.8 Å². The number of rotatable bonds is 10. The molecule has 242 valence electrons. The van der Waals surface area contributed by atoms with Crippen LogP contribution >= 0.6 is 35.0 Å². The summed E-state index contributed by atoms with van der Waals surface area (Å²) in [5.74, 6) is -1.11. The molecule has 0 bridgehead atoms. The molecule has 0 atom stereocenters. The highest BCUT2D eigenvalue weighted by atomic mass is 35.5. The summed E-state index contributed by atoms with van der Waals surface area (Å²) in [4.78, 5) is 25.8. The fourth-order valence-corrected chi connectivity index (χ4v) is 7.25. The molecule has 0 unspecified atom stereocenters. The van der Waals surface area contributed by atoms with E-state index in [9.17, 15) is 31.2 Å². The fourth-order valence-electron chi connectivity index (χ4n) is 4.61. The Labute approximate surface area is 276 Å². The number of carbonyl (C=O) groups excluding carboxylic acids is 2. The second-order valence-electron chi connectivity index (χ2n) is 10.1. The molecule has 17 heteroatoms. The molecule has 1 aromatic heterocycles. The number of anilines is 1. The summed E-state index contributed by atoms with van der Waals surface area (Å²) in [6, 6.07) is 14.9. The third-order valence-corrected chi connectivity index (χ3v) is 10.3. The number of sulfonamides is 1. The number of aromatic nitrogens is 3. The predicted molar refractivity (Wildman–Crippen MR) is 168 cm³/mol. The molecule has 2 N–H and O–H groups in total. The minimum absolute atomic E-state index is 0.0608. The number of carbonyl (C=O) groups is 2. The van der Waals surface area contributed by atoms with E-state index in [1.165, 1.54) is 28.6 Å². The van der Waals surface area contributed by atoms with Crippen LogP contribution in [-0.4, -0.2) is 58.1 Å². The van der Waals surface area contributed by atoms with Gasteiger partial charge in [-0.3, -0.25) is 14.2 Å². The molecule has 0 radical (unpaired) electrons. The molecule has 1 aliphatic rings. The van der Waals surface area contributed by atoms with Gasteiger partial charge in [0.1, 0.15) is 0 Å². The number of benzene rings is 3. The van der Waals surface area contributed by atoms with Crippen LogP contribution in [-0.2, 0) is 27.5 Å². The molecule has 3 aromatic carbocycles. The van der Waals surface area contributed by atoms with Gasteiger partial charge in [-0.15, -0.1) is 10.2 Å². The Balaban J connectivity index is 1.29. The Bertz CT molecular complexity index is 1870. The van der Waals surface area contributed by atoms with E-state index >= 15 is 0 Å². The van der Waals surface area contributed by atoms with Crippen LogP contribution in [0.4, 0.5) is 18.9 Å². The SMILES string of the molecule is O=C(CSc1nnc(CNC(=O)c2ccc(S(=O)(=O)N3CCCC3)cc2)n1-c1cccc(Cl)c1)Nc1cc(C(F)(F)F)ccc1Cl. The lowest BCUT2D eigenvalue weighted by atomic mass is 10.2. The maximum absolute atomic E-state index is 13.1. The smallest absolute Gasteiger partial charge is 0.345 e. The monoisotopic (exact) mass is 712 g/mol. The number of hydrogen-bond donors (Lipinski definition) is 2. The van der Waals surface area contributed by atoms with Gasteiger partial charge in [0.25, 0.3) is 5.91 Å². The zero-order valence-electron chi connectivity index (χ0n) is 23.7. The molecular formula is C29H25Cl2F3N6O4S2. The summed E-state index contributed by atoms with van der Waals surface area (Å²) < 4.78 is 68.0. The van der Waals surface area contributed by atoms with E-state index in [0.29, 0.717) is 23.8 Å². The van der Waals surface area contributed by atoms with Gasteiger partial charge in [0.05, 0.1) is 39.2 Å². The highest BCUT2D eigenvalue weighted by Crippen LogP contribution is 2.34. The average Bonchev–Trinajstić information content (AvgIpc) is 3.71. The number of nitrogens with zero attached hydrogens (tertiary/aromatic N) is 4. The first-order chi connectivity index (χ1) is 21.8. The van der Waals surface area contributed by atoms with Gasteiger partial charge in [0.2, 0.25) is 15.9 Å². The zero-order chi connectivity index (χ0) is 33.1. The van der Waals surface area contributed by atoms with Crippen LogP contribution in [0, 0.1) is 0 Å². The molecule has 5 rings (SSSR count). The molecule has 0 saturated carbocycles. The Morgan fingerprint density at radius 2 is 1.67 bits per heavy atom. The Hall–Kier alpha value is -3.63. The summed E-state index contributed by atoms with van der Waals surface area (Å²) >= 11 is 13.2. The molecule has 0 spiro atoms. The first-order valence-corrected chi connectivity index (χ1v) is 16.9. The maximum atomic E-state index is 13.1. The van der Waals surface area contributed by atoms with Crippen molar-refractivity contribution in [2.45, 2.75) is 35.6 Å². The van der Waals surface area contributed by atoms with E-state index in [1.54, 1.807) is 28.8 Å². The molecule has 10 nitrogen and oxygen atoms in total. The zero-order valence-corrected chi connectivity index (χ0v) is 26.9. The van der Waals surface area contributed by atoms with Crippen LogP contribution in [0.15, 0.2) is 76.8 Å². The van der Waals surface area contributed by atoms with Crippen LogP contribution in [0.3, 0.4) is 0 Å². The lowest BCUT2D eigenvalue weighted by molar-refractivity contribution is -0.137. The minimum Gasteiger partial charge on any atom is -0.345 e. The third-order valence-electron chi connectivity index (χ3n) is 6.89. The van der Waals surface area contributed by atoms with Crippen molar-refractivity contribution in [3.63, 3.8) is 0 Å². The van der Waals surface area contributed by atoms with Gasteiger partial charge >= 0.3 is 6.18 Å². The topological polar surface area (TPSA) is 126 Å². The van der Waals surface area contributed by atoms with Gasteiger partial charge in [-0.1, -0.05) is 41.0 Å². The quantitative estimate of drug-likeness (QED) is 0.192. The lowest BCUT2D eigenvalue weighted by Crippen LogP contribution is -2.28. The van der Waals surface area contributed by atoms with Crippen molar-refractivity contribution in [1.29, 1.82) is 0 Å². The molecular weight excluding hydrogens is 688 g/mol. The van der Waals surface area contributed by atoms with Crippen LogP contribution in [0.1, 0.15) is 34.6 Å². The van der Waals surface area contributed by atoms with Crippen molar-refractivity contribution >= 4 is 62.5 Å². The summed E-state index contributed by atoms with van der Waals surface area (Å²) in [6.07, 6.45) is -3.00. The van der Waals surface area contributed by atoms with Crippen LogP contribution < -0.4 is 10.6 Å². The van der Waals surface area contributed by atoms with Crippen molar-refractivity contribution in [3.05, 3.63) is 93.7 Å². The van der Waals surface area contributed by atoms with E-state index in [1.807, 2.05) is 0 Å². The number of amides is 2. The molecule has 1 aliphatic heterocycles.